The van der Waals surface area contributed by atoms with Crippen molar-refractivity contribution >= 4 is 17.4 Å². The standard InChI is InChI=1S/C33H41NO6/c1-19(2)28(31(35)33(4,5)6)34-26-17-24(20(3)32(36)37)25(18-27(26)38-7)23-16-15-22(21-13-11-10-12-14-21)29(39-8)30(23)40-9/h10-20,28,34H,1-9H3,(H,36,37). The van der Waals surface area contributed by atoms with E-state index in [9.17, 15) is 14.7 Å². The van der Waals surface area contributed by atoms with Crippen LogP contribution in [0.3, 0.4) is 0 Å². The van der Waals surface area contributed by atoms with Crippen molar-refractivity contribution in [3.05, 3.63) is 60.2 Å². The molecule has 0 saturated heterocycles. The number of rotatable bonds is 11. The number of ketones is 1. The second-order valence-electron chi connectivity index (χ2n) is 11.3. The zero-order valence-corrected chi connectivity index (χ0v) is 24.9. The van der Waals surface area contributed by atoms with Crippen molar-refractivity contribution < 1.29 is 28.9 Å². The van der Waals surface area contributed by atoms with Gasteiger partial charge in [-0.05, 0) is 53.8 Å². The topological polar surface area (TPSA) is 94.1 Å². The first-order valence-electron chi connectivity index (χ1n) is 13.4. The summed E-state index contributed by atoms with van der Waals surface area (Å²) in [5.74, 6) is -0.282. The van der Waals surface area contributed by atoms with E-state index in [1.165, 1.54) is 0 Å². The molecule has 0 aromatic heterocycles. The Morgan fingerprint density at radius 1 is 0.800 bits per heavy atom. The molecule has 3 aromatic rings. The van der Waals surface area contributed by atoms with Crippen LogP contribution in [0.5, 0.6) is 17.2 Å². The van der Waals surface area contributed by atoms with Crippen LogP contribution >= 0.6 is 0 Å². The predicted molar refractivity (Wildman–Crippen MR) is 160 cm³/mol. The molecule has 0 saturated carbocycles. The van der Waals surface area contributed by atoms with Crippen LogP contribution in [0.4, 0.5) is 5.69 Å². The minimum Gasteiger partial charge on any atom is -0.495 e. The van der Waals surface area contributed by atoms with Gasteiger partial charge >= 0.3 is 5.97 Å². The number of anilines is 1. The third kappa shape index (κ3) is 6.24. The van der Waals surface area contributed by atoms with Gasteiger partial charge in [0.15, 0.2) is 17.3 Å². The van der Waals surface area contributed by atoms with Crippen molar-refractivity contribution in [3.63, 3.8) is 0 Å². The van der Waals surface area contributed by atoms with Crippen LogP contribution in [-0.4, -0.2) is 44.2 Å². The maximum Gasteiger partial charge on any atom is 0.310 e. The van der Waals surface area contributed by atoms with Gasteiger partial charge in [0, 0.05) is 16.5 Å². The predicted octanol–water partition coefficient (Wildman–Crippen LogP) is 7.29. The number of carbonyl (C=O) groups excluding carboxylic acids is 1. The van der Waals surface area contributed by atoms with Gasteiger partial charge in [-0.3, -0.25) is 9.59 Å². The highest BCUT2D eigenvalue weighted by molar-refractivity contribution is 5.93. The summed E-state index contributed by atoms with van der Waals surface area (Å²) < 4.78 is 17.5. The van der Waals surface area contributed by atoms with E-state index in [2.05, 4.69) is 5.32 Å². The Kier molecular flexibility index (Phi) is 9.51. The highest BCUT2D eigenvalue weighted by atomic mass is 16.5. The molecular weight excluding hydrogens is 506 g/mol. The maximum absolute atomic E-state index is 13.3. The summed E-state index contributed by atoms with van der Waals surface area (Å²) in [6, 6.07) is 16.8. The summed E-state index contributed by atoms with van der Waals surface area (Å²) in [6.07, 6.45) is 0. The number of hydrogen-bond donors (Lipinski definition) is 2. The molecule has 3 rings (SSSR count). The summed E-state index contributed by atoms with van der Waals surface area (Å²) in [5, 5.41) is 13.4. The van der Waals surface area contributed by atoms with E-state index < -0.39 is 23.3 Å². The highest BCUT2D eigenvalue weighted by Crippen LogP contribution is 2.48. The van der Waals surface area contributed by atoms with Gasteiger partial charge in [0.25, 0.3) is 0 Å². The number of aliphatic carboxylic acids is 1. The first-order chi connectivity index (χ1) is 18.8. The van der Waals surface area contributed by atoms with Gasteiger partial charge in [-0.2, -0.15) is 0 Å². The molecule has 3 aromatic carbocycles. The van der Waals surface area contributed by atoms with Gasteiger partial charge < -0.3 is 24.6 Å². The third-order valence-corrected chi connectivity index (χ3v) is 7.10. The molecule has 0 heterocycles. The smallest absolute Gasteiger partial charge is 0.310 e. The number of hydrogen-bond acceptors (Lipinski definition) is 6. The maximum atomic E-state index is 13.3. The van der Waals surface area contributed by atoms with E-state index in [0.717, 1.165) is 11.1 Å². The van der Waals surface area contributed by atoms with Gasteiger partial charge in [-0.25, -0.2) is 0 Å². The second-order valence-corrected chi connectivity index (χ2v) is 11.3. The molecule has 2 N–H and O–H groups in total. The largest absolute Gasteiger partial charge is 0.495 e. The molecule has 2 unspecified atom stereocenters. The lowest BCUT2D eigenvalue weighted by Gasteiger charge is -2.30. The number of carbonyl (C=O) groups is 2. The van der Waals surface area contributed by atoms with Gasteiger partial charge in [-0.1, -0.05) is 65.0 Å². The minimum atomic E-state index is -0.976. The van der Waals surface area contributed by atoms with Gasteiger partial charge in [0.05, 0.1) is 39.0 Å². The number of nitrogens with one attached hydrogen (secondary N) is 1. The zero-order valence-electron chi connectivity index (χ0n) is 24.9. The van der Waals surface area contributed by atoms with Crippen LogP contribution < -0.4 is 19.5 Å². The molecule has 0 aliphatic rings. The molecule has 7 heteroatoms. The first-order valence-corrected chi connectivity index (χ1v) is 13.4. The van der Waals surface area contributed by atoms with Crippen molar-refractivity contribution in [3.8, 4) is 39.5 Å². The summed E-state index contributed by atoms with van der Waals surface area (Å²) in [5.41, 5.74) is 3.66. The molecule has 0 aliphatic carbocycles. The van der Waals surface area contributed by atoms with Crippen LogP contribution in [0.1, 0.15) is 53.0 Å². The molecule has 40 heavy (non-hydrogen) atoms. The van der Waals surface area contributed by atoms with E-state index in [1.807, 2.05) is 77.1 Å². The Morgan fingerprint density at radius 3 is 1.88 bits per heavy atom. The fourth-order valence-corrected chi connectivity index (χ4v) is 4.80. The van der Waals surface area contributed by atoms with Crippen molar-refractivity contribution in [2.75, 3.05) is 26.6 Å². The lowest BCUT2D eigenvalue weighted by atomic mass is 9.82. The molecule has 214 valence electrons. The Morgan fingerprint density at radius 2 is 1.38 bits per heavy atom. The van der Waals surface area contributed by atoms with Gasteiger partial charge in [0.2, 0.25) is 0 Å². The van der Waals surface area contributed by atoms with Crippen LogP contribution in [0.25, 0.3) is 22.3 Å². The van der Waals surface area contributed by atoms with E-state index >= 15 is 0 Å². The SMILES string of the molecule is COc1cc(-c2ccc(-c3ccccc3)c(OC)c2OC)c(C(C)C(=O)O)cc1NC(C(=O)C(C)(C)C)C(C)C. The van der Waals surface area contributed by atoms with Crippen molar-refractivity contribution in [2.45, 2.75) is 53.5 Å². The molecule has 0 spiro atoms. The fourth-order valence-electron chi connectivity index (χ4n) is 4.80. The van der Waals surface area contributed by atoms with E-state index in [-0.39, 0.29) is 11.7 Å². The van der Waals surface area contributed by atoms with Gasteiger partial charge in [0.1, 0.15) is 5.75 Å². The number of benzene rings is 3. The van der Waals surface area contributed by atoms with Crippen molar-refractivity contribution in [1.29, 1.82) is 0 Å². The molecule has 0 aliphatic heterocycles. The molecule has 7 nitrogen and oxygen atoms in total. The molecule has 0 radical (unpaired) electrons. The van der Waals surface area contributed by atoms with Crippen molar-refractivity contribution in [1.82, 2.24) is 0 Å². The normalized spacial score (nSPS) is 12.9. The lowest BCUT2D eigenvalue weighted by Crippen LogP contribution is -2.41. The summed E-state index contributed by atoms with van der Waals surface area (Å²) in [7, 11) is 4.70. The highest BCUT2D eigenvalue weighted by Gasteiger charge is 2.33. The Balaban J connectivity index is 2.28. The Labute approximate surface area is 237 Å². The number of carboxylic acids is 1. The minimum absolute atomic E-state index is 0.00802. The van der Waals surface area contributed by atoms with Crippen LogP contribution in [0.15, 0.2) is 54.6 Å². The summed E-state index contributed by atoms with van der Waals surface area (Å²) in [6.45, 7) is 11.3. The number of methoxy groups -OCH3 is 3. The fraction of sp³-hybridized carbons (Fsp3) is 0.394. The van der Waals surface area contributed by atoms with E-state index in [0.29, 0.717) is 39.6 Å². The van der Waals surface area contributed by atoms with Crippen LogP contribution in [0.2, 0.25) is 0 Å². The monoisotopic (exact) mass is 547 g/mol. The lowest BCUT2D eigenvalue weighted by molar-refractivity contribution is -0.138. The first kappa shape index (κ1) is 30.5. The number of ether oxygens (including phenoxy) is 3. The average Bonchev–Trinajstić information content (AvgIpc) is 2.93. The quantitative estimate of drug-likeness (QED) is 0.260. The van der Waals surface area contributed by atoms with Crippen LogP contribution in [-0.2, 0) is 9.59 Å². The van der Waals surface area contributed by atoms with E-state index in [4.69, 9.17) is 14.2 Å². The average molecular weight is 548 g/mol. The summed E-state index contributed by atoms with van der Waals surface area (Å²) >= 11 is 0. The molecule has 0 bridgehead atoms. The van der Waals surface area contributed by atoms with Crippen LogP contribution in [0, 0.1) is 11.3 Å². The Hall–Kier alpha value is -4.00. The molecular formula is C33H41NO6. The second kappa shape index (κ2) is 12.5. The molecule has 0 fully saturated rings. The molecule has 2 atom stereocenters. The summed E-state index contributed by atoms with van der Waals surface area (Å²) in [4.78, 5) is 25.6. The van der Waals surface area contributed by atoms with E-state index in [1.54, 1.807) is 40.4 Å². The number of carboxylic acid groups (broad SMARTS) is 1. The Bertz CT molecular complexity index is 1360. The van der Waals surface area contributed by atoms with Crippen molar-refractivity contribution in [2.24, 2.45) is 11.3 Å². The third-order valence-electron chi connectivity index (χ3n) is 7.10. The number of Topliss-reactive ketones (excluding diaryl/α,β-unsaturated/α-hetero) is 1. The van der Waals surface area contributed by atoms with Gasteiger partial charge in [-0.15, -0.1) is 0 Å². The molecule has 0 amide bonds. The zero-order chi connectivity index (χ0) is 29.8.